The van der Waals surface area contributed by atoms with E-state index in [2.05, 4.69) is 4.72 Å². The molecule has 0 aliphatic carbocycles. The van der Waals surface area contributed by atoms with Crippen LogP contribution < -0.4 is 4.72 Å². The van der Waals surface area contributed by atoms with Gasteiger partial charge in [-0.1, -0.05) is 30.3 Å². The van der Waals surface area contributed by atoms with Gasteiger partial charge >= 0.3 is 5.97 Å². The highest BCUT2D eigenvalue weighted by Gasteiger charge is 2.21. The van der Waals surface area contributed by atoms with Crippen LogP contribution in [0, 0.1) is 0 Å². The summed E-state index contributed by atoms with van der Waals surface area (Å²) in [5.41, 5.74) is 0. The van der Waals surface area contributed by atoms with E-state index in [1.165, 1.54) is 18.4 Å². The molecule has 0 aliphatic heterocycles. The first-order valence-electron chi connectivity index (χ1n) is 6.53. The van der Waals surface area contributed by atoms with Crippen molar-refractivity contribution in [3.8, 4) is 0 Å². The first kappa shape index (κ1) is 16.1. The molecule has 0 spiro atoms. The fourth-order valence-corrected chi connectivity index (χ4v) is 3.21. The van der Waals surface area contributed by atoms with Crippen LogP contribution in [0.15, 0.2) is 47.4 Å². The van der Waals surface area contributed by atoms with E-state index < -0.39 is 22.0 Å². The summed E-state index contributed by atoms with van der Waals surface area (Å²) in [6.07, 6.45) is 1.05. The number of rotatable bonds is 7. The fourth-order valence-electron chi connectivity index (χ4n) is 2.00. The van der Waals surface area contributed by atoms with E-state index in [0.717, 1.165) is 10.8 Å². The molecule has 0 aliphatic rings. The van der Waals surface area contributed by atoms with E-state index in [1.807, 2.05) is 12.1 Å². The smallest absolute Gasteiger partial charge is 0.303 e. The van der Waals surface area contributed by atoms with Gasteiger partial charge in [0.05, 0.1) is 10.9 Å². The number of sulfonamides is 1. The fraction of sp³-hybridized carbons (Fsp3) is 0.200. The van der Waals surface area contributed by atoms with Crippen LogP contribution in [0.3, 0.4) is 0 Å². The molecule has 2 aromatic rings. The maximum Gasteiger partial charge on any atom is 0.303 e. The minimum Gasteiger partial charge on any atom is -0.481 e. The van der Waals surface area contributed by atoms with E-state index in [0.29, 0.717) is 0 Å². The van der Waals surface area contributed by atoms with Gasteiger partial charge in [-0.3, -0.25) is 9.59 Å². The van der Waals surface area contributed by atoms with Gasteiger partial charge < -0.3 is 5.11 Å². The zero-order valence-electron chi connectivity index (χ0n) is 11.5. The van der Waals surface area contributed by atoms with Crippen LogP contribution in [-0.4, -0.2) is 31.8 Å². The molecular weight excluding hydrogens is 306 g/mol. The molecule has 0 saturated carbocycles. The Morgan fingerprint density at radius 3 is 2.50 bits per heavy atom. The highest BCUT2D eigenvalue weighted by atomic mass is 32.2. The van der Waals surface area contributed by atoms with Crippen LogP contribution in [0.4, 0.5) is 0 Å². The number of hydrogen-bond donors (Lipinski definition) is 2. The van der Waals surface area contributed by atoms with E-state index >= 15 is 0 Å². The van der Waals surface area contributed by atoms with Gasteiger partial charge in [0, 0.05) is 6.42 Å². The number of fused-ring (bicyclic) bond motifs is 1. The van der Waals surface area contributed by atoms with Crippen LogP contribution in [-0.2, 0) is 19.6 Å². The zero-order valence-corrected chi connectivity index (χ0v) is 12.3. The van der Waals surface area contributed by atoms with Gasteiger partial charge in [-0.2, -0.15) is 0 Å². The molecule has 2 aromatic carbocycles. The molecule has 0 aromatic heterocycles. The third-order valence-corrected chi connectivity index (χ3v) is 4.59. The molecule has 1 radical (unpaired) electrons. The molecule has 22 heavy (non-hydrogen) atoms. The normalized spacial score (nSPS) is 12.9. The molecular formula is C15H14NO5S. The average molecular weight is 320 g/mol. The number of hydrogen-bond acceptors (Lipinski definition) is 4. The van der Waals surface area contributed by atoms with Crippen LogP contribution in [0.5, 0.6) is 0 Å². The van der Waals surface area contributed by atoms with Gasteiger partial charge in [0.15, 0.2) is 0 Å². The molecule has 0 bridgehead atoms. The molecule has 0 heterocycles. The standard InChI is InChI=1S/C15H14NO5S/c17-10-13(6-8-15(18)19)16-22(20,21)14-7-5-11-3-1-2-4-12(11)9-14/h1-5,7,9,13,16H,6,8H2,(H,18,19)/t13-/m1/s1. The molecule has 115 valence electrons. The van der Waals surface area contributed by atoms with E-state index in [9.17, 15) is 18.0 Å². The molecule has 0 unspecified atom stereocenters. The van der Waals surface area contributed by atoms with Crippen LogP contribution in [0.25, 0.3) is 10.8 Å². The minimum atomic E-state index is -3.92. The summed E-state index contributed by atoms with van der Waals surface area (Å²) in [5.74, 6) is -1.11. The maximum atomic E-state index is 12.3. The Labute approximate surface area is 127 Å². The predicted molar refractivity (Wildman–Crippen MR) is 80.6 cm³/mol. The lowest BCUT2D eigenvalue weighted by atomic mass is 10.1. The lowest BCUT2D eigenvalue weighted by Crippen LogP contribution is -2.36. The first-order valence-corrected chi connectivity index (χ1v) is 8.01. The number of carboxylic acid groups (broad SMARTS) is 1. The van der Waals surface area contributed by atoms with Crippen molar-refractivity contribution in [2.24, 2.45) is 0 Å². The van der Waals surface area contributed by atoms with Crippen molar-refractivity contribution < 1.29 is 23.1 Å². The van der Waals surface area contributed by atoms with Gasteiger partial charge in [0.25, 0.3) is 0 Å². The van der Waals surface area contributed by atoms with Crippen molar-refractivity contribution in [3.63, 3.8) is 0 Å². The second kappa shape index (κ2) is 6.67. The third-order valence-electron chi connectivity index (χ3n) is 3.12. The number of nitrogens with one attached hydrogen (secondary N) is 1. The quantitative estimate of drug-likeness (QED) is 0.804. The highest BCUT2D eigenvalue weighted by Crippen LogP contribution is 2.19. The van der Waals surface area contributed by atoms with Gasteiger partial charge in [0.1, 0.15) is 0 Å². The van der Waals surface area contributed by atoms with Crippen molar-refractivity contribution in [2.45, 2.75) is 23.8 Å². The highest BCUT2D eigenvalue weighted by molar-refractivity contribution is 7.89. The Morgan fingerprint density at radius 2 is 1.86 bits per heavy atom. The molecule has 1 atom stereocenters. The molecule has 2 rings (SSSR count). The van der Waals surface area contributed by atoms with Crippen molar-refractivity contribution in [3.05, 3.63) is 42.5 Å². The summed E-state index contributed by atoms with van der Waals surface area (Å²) >= 11 is 0. The van der Waals surface area contributed by atoms with Gasteiger partial charge in [0.2, 0.25) is 16.3 Å². The topological polar surface area (TPSA) is 101 Å². The van der Waals surface area contributed by atoms with Gasteiger partial charge in [-0.15, -0.1) is 0 Å². The Kier molecular flexibility index (Phi) is 4.89. The molecule has 0 saturated heterocycles. The second-order valence-corrected chi connectivity index (χ2v) is 6.45. The molecule has 2 N–H and O–H groups in total. The van der Waals surface area contributed by atoms with Gasteiger partial charge in [-0.05, 0) is 29.3 Å². The van der Waals surface area contributed by atoms with Crippen molar-refractivity contribution >= 4 is 33.1 Å². The Hall–Kier alpha value is -2.25. The summed E-state index contributed by atoms with van der Waals surface area (Å²) in [6, 6.07) is 10.7. The third kappa shape index (κ3) is 3.90. The zero-order chi connectivity index (χ0) is 16.2. The monoisotopic (exact) mass is 320 g/mol. The predicted octanol–water partition coefficient (Wildman–Crippen LogP) is 1.46. The summed E-state index contributed by atoms with van der Waals surface area (Å²) in [4.78, 5) is 21.3. The van der Waals surface area contributed by atoms with Gasteiger partial charge in [-0.25, -0.2) is 13.1 Å². The largest absolute Gasteiger partial charge is 0.481 e. The SMILES string of the molecule is O=[C][C@@H](CCC(=O)O)NS(=O)(=O)c1ccc2ccccc2c1. The average Bonchev–Trinajstić information content (AvgIpc) is 2.50. The van der Waals surface area contributed by atoms with Crippen LogP contribution >= 0.6 is 0 Å². The van der Waals surface area contributed by atoms with Crippen molar-refractivity contribution in [2.75, 3.05) is 0 Å². The van der Waals surface area contributed by atoms with Crippen LogP contribution in [0.1, 0.15) is 12.8 Å². The number of benzene rings is 2. The summed E-state index contributed by atoms with van der Waals surface area (Å²) in [7, 11) is -3.92. The summed E-state index contributed by atoms with van der Waals surface area (Å²) in [5, 5.41) is 10.2. The Balaban J connectivity index is 2.23. The summed E-state index contributed by atoms with van der Waals surface area (Å²) < 4.78 is 26.7. The molecule has 7 heteroatoms. The lowest BCUT2D eigenvalue weighted by Gasteiger charge is -2.12. The Morgan fingerprint density at radius 1 is 1.18 bits per heavy atom. The Bertz CT molecular complexity index is 800. The summed E-state index contributed by atoms with van der Waals surface area (Å²) in [6.45, 7) is 0. The number of carbonyl (C=O) groups excluding carboxylic acids is 1. The van der Waals surface area contributed by atoms with Crippen molar-refractivity contribution in [1.29, 1.82) is 0 Å². The van der Waals surface area contributed by atoms with Crippen molar-refractivity contribution in [1.82, 2.24) is 4.72 Å². The van der Waals surface area contributed by atoms with E-state index in [4.69, 9.17) is 5.11 Å². The molecule has 6 nitrogen and oxygen atoms in total. The number of aliphatic carboxylic acids is 1. The first-order chi connectivity index (χ1) is 10.4. The lowest BCUT2D eigenvalue weighted by molar-refractivity contribution is -0.137. The molecule has 0 amide bonds. The maximum absolute atomic E-state index is 12.3. The molecule has 0 fully saturated rings. The van der Waals surface area contributed by atoms with E-state index in [-0.39, 0.29) is 17.7 Å². The number of carboxylic acids is 1. The minimum absolute atomic E-state index is 0.0155. The number of carbonyl (C=O) groups is 1. The van der Waals surface area contributed by atoms with E-state index in [1.54, 1.807) is 18.2 Å². The second-order valence-electron chi connectivity index (χ2n) is 4.73. The van der Waals surface area contributed by atoms with Crippen LogP contribution in [0.2, 0.25) is 0 Å².